The Morgan fingerprint density at radius 2 is 1.46 bits per heavy atom. The van der Waals surface area contributed by atoms with Gasteiger partial charge in [-0.1, -0.05) is 167 Å². The maximum Gasteiger partial charge on any atom is 0.0627 e. The van der Waals surface area contributed by atoms with Gasteiger partial charge < -0.3 is 5.41 Å². The molecule has 3 heteroatoms. The molecule has 63 heavy (non-hydrogen) atoms. The second-order valence-electron chi connectivity index (χ2n) is 15.7. The van der Waals surface area contributed by atoms with Crippen LogP contribution in [0.5, 0.6) is 0 Å². The highest BCUT2D eigenvalue weighted by atomic mass is 32.1. The average molecular weight is 858 g/mol. The number of fused-ring (bicyclic) bond motifs is 1. The maximum atomic E-state index is 10.1. The molecule has 316 valence electrons. The summed E-state index contributed by atoms with van der Waals surface area (Å²) in [6.07, 6.45) is 31.8. The van der Waals surface area contributed by atoms with Crippen LogP contribution < -0.4 is 5.30 Å². The molecule has 0 saturated carbocycles. The van der Waals surface area contributed by atoms with Crippen molar-refractivity contribution in [3.8, 4) is 44.5 Å². The van der Waals surface area contributed by atoms with E-state index in [1.54, 1.807) is 11.3 Å². The molecule has 1 aromatic heterocycles. The van der Waals surface area contributed by atoms with Gasteiger partial charge in [0.2, 0.25) is 0 Å². The van der Waals surface area contributed by atoms with Crippen molar-refractivity contribution < 1.29 is 0 Å². The third-order valence-electron chi connectivity index (χ3n) is 11.1. The van der Waals surface area contributed by atoms with Gasteiger partial charge >= 0.3 is 0 Å². The summed E-state index contributed by atoms with van der Waals surface area (Å²) in [5.41, 5.74) is 17.1. The SMILES string of the molecule is C=C/C=C(\C=C/C)c1cc(-c2cc(-c3ccc4sc(C=C)c(/C=C\C)c4c3)cc(-c3ccc(CCC)c(-c4ccccc4C)c3)c2C(=N)\C=C(C)/C=C/C=C\C=C/CC)ccc1P. The Morgan fingerprint density at radius 1 is 0.746 bits per heavy atom. The number of allylic oxidation sites excluding steroid dienone is 14. The van der Waals surface area contributed by atoms with Crippen molar-refractivity contribution in [2.45, 2.75) is 60.8 Å². The predicted octanol–water partition coefficient (Wildman–Crippen LogP) is 17.5. The molecule has 0 saturated heterocycles. The summed E-state index contributed by atoms with van der Waals surface area (Å²) in [6, 6.07) is 33.7. The normalized spacial score (nSPS) is 12.6. The Hall–Kier alpha value is -6.18. The first-order valence-electron chi connectivity index (χ1n) is 22.0. The lowest BCUT2D eigenvalue weighted by Crippen LogP contribution is -2.06. The van der Waals surface area contributed by atoms with Crippen LogP contribution >= 0.6 is 20.6 Å². The van der Waals surface area contributed by atoms with Crippen LogP contribution in [0, 0.1) is 12.3 Å². The van der Waals surface area contributed by atoms with E-state index in [2.05, 4.69) is 197 Å². The van der Waals surface area contributed by atoms with Gasteiger partial charge in [-0.25, -0.2) is 0 Å². The summed E-state index contributed by atoms with van der Waals surface area (Å²) in [7, 11) is 2.93. The molecule has 0 aliphatic heterocycles. The highest BCUT2D eigenvalue weighted by Gasteiger charge is 2.21. The van der Waals surface area contributed by atoms with Crippen molar-refractivity contribution in [3.05, 3.63) is 215 Å². The lowest BCUT2D eigenvalue weighted by Gasteiger charge is -2.21. The van der Waals surface area contributed by atoms with Crippen LogP contribution in [0.2, 0.25) is 0 Å². The fourth-order valence-electron chi connectivity index (χ4n) is 8.13. The van der Waals surface area contributed by atoms with Gasteiger partial charge in [0.1, 0.15) is 0 Å². The standard InChI is InChI=1S/C60H60NPS/c1-9-15-16-17-18-19-26-41(7)35-56(61)60-53(46-30-29-44(24-12-4)51(37-46)49-28-21-20-27-42(49)8)39-48(45-32-34-59-55(36-45)50(25-13-5)58(14-6)63-59)40-54(60)47-31-33-57(62)52(38-47)43(22-10-2)23-11-3/h10-11,13-23,25-40,61H,2,6,9,12,24,62H2,1,3-5,7-8H3/b16-15-,18-17-,23-11-,25-13-,26-19+,41-35-,43-22+,61-56?. The van der Waals surface area contributed by atoms with E-state index in [1.165, 1.54) is 42.8 Å². The van der Waals surface area contributed by atoms with Gasteiger partial charge in [0.05, 0.1) is 5.71 Å². The van der Waals surface area contributed by atoms with Gasteiger partial charge in [0, 0.05) is 20.5 Å². The van der Waals surface area contributed by atoms with Crippen LogP contribution in [0.3, 0.4) is 0 Å². The Morgan fingerprint density at radius 3 is 2.16 bits per heavy atom. The summed E-state index contributed by atoms with van der Waals surface area (Å²) in [5, 5.41) is 12.4. The third-order valence-corrected chi connectivity index (χ3v) is 12.8. The summed E-state index contributed by atoms with van der Waals surface area (Å²) in [4.78, 5) is 1.17. The Balaban J connectivity index is 1.73. The molecule has 5 aromatic carbocycles. The number of rotatable bonds is 17. The maximum absolute atomic E-state index is 10.1. The summed E-state index contributed by atoms with van der Waals surface area (Å²) >= 11 is 1.77. The molecule has 0 amide bonds. The Kier molecular flexibility index (Phi) is 16.4. The van der Waals surface area contributed by atoms with E-state index in [9.17, 15) is 5.41 Å². The Bertz CT molecular complexity index is 2880. The van der Waals surface area contributed by atoms with Crippen LogP contribution in [0.4, 0.5) is 0 Å². The number of thiophene rings is 1. The van der Waals surface area contributed by atoms with E-state index in [0.717, 1.165) is 80.2 Å². The van der Waals surface area contributed by atoms with Crippen LogP contribution in [-0.4, -0.2) is 5.71 Å². The second kappa shape index (κ2) is 22.3. The van der Waals surface area contributed by atoms with Crippen molar-refractivity contribution in [1.82, 2.24) is 0 Å². The summed E-state index contributed by atoms with van der Waals surface area (Å²) in [6.45, 7) is 20.9. The second-order valence-corrected chi connectivity index (χ2v) is 17.4. The Labute approximate surface area is 383 Å². The van der Waals surface area contributed by atoms with E-state index < -0.39 is 0 Å². The van der Waals surface area contributed by atoms with Gasteiger partial charge in [0.15, 0.2) is 0 Å². The fraction of sp³-hybridized carbons (Fsp3) is 0.150. The molecular formula is C60H60NPS. The highest BCUT2D eigenvalue weighted by molar-refractivity contribution is 7.27. The molecule has 0 aliphatic carbocycles. The molecule has 0 fully saturated rings. The molecule has 1 unspecified atom stereocenters. The third kappa shape index (κ3) is 10.9. The van der Waals surface area contributed by atoms with Gasteiger partial charge in [-0.15, -0.1) is 20.6 Å². The van der Waals surface area contributed by atoms with Crippen molar-refractivity contribution in [3.63, 3.8) is 0 Å². The van der Waals surface area contributed by atoms with Crippen molar-refractivity contribution >= 4 is 59.4 Å². The van der Waals surface area contributed by atoms with Gasteiger partial charge in [0.25, 0.3) is 0 Å². The molecule has 0 spiro atoms. The molecule has 1 heterocycles. The molecule has 6 rings (SSSR count). The number of hydrogen-bond donors (Lipinski definition) is 1. The van der Waals surface area contributed by atoms with Crippen molar-refractivity contribution in [1.29, 1.82) is 5.41 Å². The van der Waals surface area contributed by atoms with E-state index >= 15 is 0 Å². The van der Waals surface area contributed by atoms with E-state index in [1.807, 2.05) is 43.4 Å². The minimum atomic E-state index is 0.449. The monoisotopic (exact) mass is 857 g/mol. The van der Waals surface area contributed by atoms with E-state index in [4.69, 9.17) is 0 Å². The molecule has 0 radical (unpaired) electrons. The smallest absolute Gasteiger partial charge is 0.0627 e. The lowest BCUT2D eigenvalue weighted by atomic mass is 9.83. The molecular weight excluding hydrogens is 798 g/mol. The largest absolute Gasteiger partial charge is 0.300 e. The summed E-state index contributed by atoms with van der Waals surface area (Å²) < 4.78 is 1.23. The average Bonchev–Trinajstić information content (AvgIpc) is 3.64. The lowest BCUT2D eigenvalue weighted by molar-refractivity contribution is 0.923. The van der Waals surface area contributed by atoms with Crippen LogP contribution in [-0.2, 0) is 6.42 Å². The number of aryl methyl sites for hydroxylation is 2. The van der Waals surface area contributed by atoms with Gasteiger partial charge in [-0.05, 0) is 166 Å². The fourth-order valence-corrected chi connectivity index (χ4v) is 9.50. The van der Waals surface area contributed by atoms with Crippen molar-refractivity contribution in [2.75, 3.05) is 0 Å². The van der Waals surface area contributed by atoms with Crippen molar-refractivity contribution in [2.24, 2.45) is 0 Å². The topological polar surface area (TPSA) is 23.9 Å². The minimum absolute atomic E-state index is 0.449. The minimum Gasteiger partial charge on any atom is -0.300 e. The number of hydrogen-bond acceptors (Lipinski definition) is 2. The van der Waals surface area contributed by atoms with Crippen LogP contribution in [0.15, 0.2) is 183 Å². The van der Waals surface area contributed by atoms with E-state index in [0.29, 0.717) is 5.71 Å². The zero-order valence-electron chi connectivity index (χ0n) is 37.8. The molecule has 1 atom stereocenters. The first-order valence-corrected chi connectivity index (χ1v) is 23.4. The van der Waals surface area contributed by atoms with E-state index in [-0.39, 0.29) is 0 Å². The number of benzene rings is 5. The first-order chi connectivity index (χ1) is 30.6. The molecule has 6 aromatic rings. The highest BCUT2D eigenvalue weighted by Crippen LogP contribution is 2.43. The van der Waals surface area contributed by atoms with Crippen LogP contribution in [0.1, 0.15) is 80.2 Å². The summed E-state index contributed by atoms with van der Waals surface area (Å²) in [5.74, 6) is 0. The molecule has 1 nitrogen and oxygen atoms in total. The first kappa shape index (κ1) is 46.3. The molecule has 0 bridgehead atoms. The quantitative estimate of drug-likeness (QED) is 0.0537. The van der Waals surface area contributed by atoms with Gasteiger partial charge in [-0.2, -0.15) is 0 Å². The predicted molar refractivity (Wildman–Crippen MR) is 288 cm³/mol. The zero-order valence-corrected chi connectivity index (χ0v) is 39.7. The number of nitrogens with one attached hydrogen (secondary N) is 1. The van der Waals surface area contributed by atoms with Gasteiger partial charge in [-0.3, -0.25) is 0 Å². The molecule has 1 N–H and O–H groups in total. The van der Waals surface area contributed by atoms with Crippen LogP contribution in [0.25, 0.3) is 72.3 Å². The zero-order chi connectivity index (χ0) is 44.9. The molecule has 0 aliphatic rings.